The Kier molecular flexibility index (Phi) is 5.76. The number of likely N-dealkylation sites (tertiary alicyclic amines) is 1. The third-order valence-corrected chi connectivity index (χ3v) is 7.40. The van der Waals surface area contributed by atoms with E-state index in [9.17, 15) is 4.79 Å². The van der Waals surface area contributed by atoms with Gasteiger partial charge in [0.2, 0.25) is 11.9 Å². The topological polar surface area (TPSA) is 67.8 Å². The molecule has 1 atom stereocenters. The zero-order valence-corrected chi connectivity index (χ0v) is 18.8. The average molecular weight is 437 g/mol. The predicted molar refractivity (Wildman–Crippen MR) is 122 cm³/mol. The number of benzene rings is 1. The lowest BCUT2D eigenvalue weighted by molar-refractivity contribution is -0.147. The summed E-state index contributed by atoms with van der Waals surface area (Å²) in [7, 11) is 0. The molecule has 7 nitrogen and oxygen atoms in total. The average Bonchev–Trinajstić information content (AvgIpc) is 3.22. The maximum absolute atomic E-state index is 13.4. The zero-order chi connectivity index (χ0) is 22.0. The number of carbonyl (C=O) groups excluding carboxylic acids is 1. The van der Waals surface area contributed by atoms with E-state index in [1.54, 1.807) is 12.4 Å². The van der Waals surface area contributed by atoms with Gasteiger partial charge in [0.15, 0.2) is 0 Å². The molecule has 170 valence electrons. The summed E-state index contributed by atoms with van der Waals surface area (Å²) in [5.74, 6) is 1.94. The molecule has 3 aliphatic heterocycles. The van der Waals surface area contributed by atoms with Gasteiger partial charge in [0.25, 0.3) is 0 Å². The van der Waals surface area contributed by atoms with Crippen LogP contribution in [0.3, 0.4) is 0 Å². The van der Waals surface area contributed by atoms with Crippen LogP contribution in [0.4, 0.5) is 5.95 Å². The number of para-hydroxylation sites is 1. The number of aromatic nitrogens is 2. The Labute approximate surface area is 189 Å². The molecule has 2 aromatic rings. The van der Waals surface area contributed by atoms with Crippen LogP contribution in [0.2, 0.25) is 0 Å². The Morgan fingerprint density at radius 1 is 1.00 bits per heavy atom. The van der Waals surface area contributed by atoms with Crippen molar-refractivity contribution >= 4 is 11.9 Å². The number of hydrogen-bond acceptors (Lipinski definition) is 6. The van der Waals surface area contributed by atoms with E-state index in [4.69, 9.17) is 9.47 Å². The lowest BCUT2D eigenvalue weighted by Gasteiger charge is -2.44. The quantitative estimate of drug-likeness (QED) is 0.733. The summed E-state index contributed by atoms with van der Waals surface area (Å²) in [5, 5.41) is 0. The van der Waals surface area contributed by atoms with Crippen molar-refractivity contribution in [2.24, 2.45) is 5.41 Å². The van der Waals surface area contributed by atoms with Crippen LogP contribution in [0.15, 0.2) is 48.8 Å². The number of ether oxygens (including phenoxy) is 2. The van der Waals surface area contributed by atoms with E-state index in [1.165, 1.54) is 0 Å². The van der Waals surface area contributed by atoms with Crippen LogP contribution in [0.5, 0.6) is 5.75 Å². The summed E-state index contributed by atoms with van der Waals surface area (Å²) >= 11 is 0. The van der Waals surface area contributed by atoms with Gasteiger partial charge in [0.1, 0.15) is 11.9 Å². The Hall–Kier alpha value is -2.67. The molecule has 0 radical (unpaired) electrons. The van der Waals surface area contributed by atoms with Crippen LogP contribution in [-0.4, -0.2) is 65.3 Å². The van der Waals surface area contributed by atoms with Gasteiger partial charge in [-0.25, -0.2) is 9.97 Å². The lowest BCUT2D eigenvalue weighted by atomic mass is 9.78. The summed E-state index contributed by atoms with van der Waals surface area (Å²) in [6.45, 7) is 5.89. The zero-order valence-electron chi connectivity index (χ0n) is 18.8. The lowest BCUT2D eigenvalue weighted by Crippen LogP contribution is -2.53. The van der Waals surface area contributed by atoms with Crippen molar-refractivity contribution in [1.29, 1.82) is 0 Å². The molecule has 32 heavy (non-hydrogen) atoms. The number of piperidine rings is 2. The highest BCUT2D eigenvalue weighted by Gasteiger charge is 2.47. The number of rotatable bonds is 4. The molecule has 5 rings (SSSR count). The molecule has 1 aromatic heterocycles. The second-order valence-corrected chi connectivity index (χ2v) is 9.64. The van der Waals surface area contributed by atoms with Gasteiger partial charge in [-0.05, 0) is 43.9 Å². The van der Waals surface area contributed by atoms with E-state index in [0.717, 1.165) is 70.0 Å². The fourth-order valence-corrected chi connectivity index (χ4v) is 5.29. The fourth-order valence-electron chi connectivity index (χ4n) is 5.29. The van der Waals surface area contributed by atoms with E-state index in [0.29, 0.717) is 6.61 Å². The second kappa shape index (κ2) is 8.70. The van der Waals surface area contributed by atoms with Crippen LogP contribution in [0.1, 0.15) is 39.0 Å². The van der Waals surface area contributed by atoms with Crippen LogP contribution in [0.25, 0.3) is 0 Å². The van der Waals surface area contributed by atoms with Crippen molar-refractivity contribution in [3.05, 3.63) is 48.8 Å². The fraction of sp³-hybridized carbons (Fsp3) is 0.560. The monoisotopic (exact) mass is 436 g/mol. The SMILES string of the molecule is CC1(C(=O)N2CCC3(CC2)C[C@H](Oc2ccccc2)CO3)CCN(c2ncccn2)CC1. The number of nitrogens with zero attached hydrogens (tertiary/aromatic N) is 4. The van der Waals surface area contributed by atoms with Crippen molar-refractivity contribution in [3.8, 4) is 5.75 Å². The maximum Gasteiger partial charge on any atom is 0.228 e. The first kappa shape index (κ1) is 21.2. The minimum Gasteiger partial charge on any atom is -0.488 e. The first-order chi connectivity index (χ1) is 15.6. The second-order valence-electron chi connectivity index (χ2n) is 9.64. The van der Waals surface area contributed by atoms with E-state index < -0.39 is 0 Å². The molecule has 0 unspecified atom stereocenters. The number of anilines is 1. The molecule has 0 saturated carbocycles. The summed E-state index contributed by atoms with van der Waals surface area (Å²) in [6, 6.07) is 11.8. The molecule has 1 aromatic carbocycles. The molecule has 0 bridgehead atoms. The molecular weight excluding hydrogens is 404 g/mol. The van der Waals surface area contributed by atoms with Crippen LogP contribution >= 0.6 is 0 Å². The minimum absolute atomic E-state index is 0.0849. The normalized spacial score (nSPS) is 24.5. The van der Waals surface area contributed by atoms with E-state index in [-0.39, 0.29) is 23.0 Å². The van der Waals surface area contributed by atoms with Crippen LogP contribution in [0, 0.1) is 5.41 Å². The highest BCUT2D eigenvalue weighted by molar-refractivity contribution is 5.82. The van der Waals surface area contributed by atoms with Crippen molar-refractivity contribution in [2.75, 3.05) is 37.7 Å². The summed E-state index contributed by atoms with van der Waals surface area (Å²) in [6.07, 6.45) is 7.94. The van der Waals surface area contributed by atoms with Crippen molar-refractivity contribution in [2.45, 2.75) is 50.7 Å². The van der Waals surface area contributed by atoms with Gasteiger partial charge < -0.3 is 19.3 Å². The molecule has 3 aliphatic rings. The largest absolute Gasteiger partial charge is 0.488 e. The molecule has 3 saturated heterocycles. The maximum atomic E-state index is 13.4. The smallest absolute Gasteiger partial charge is 0.228 e. The van der Waals surface area contributed by atoms with Gasteiger partial charge in [0.05, 0.1) is 12.2 Å². The molecular formula is C25H32N4O3. The van der Waals surface area contributed by atoms with E-state index >= 15 is 0 Å². The van der Waals surface area contributed by atoms with Crippen molar-refractivity contribution in [3.63, 3.8) is 0 Å². The summed E-state index contributed by atoms with van der Waals surface area (Å²) < 4.78 is 12.4. The Bertz CT molecular complexity index is 907. The molecule has 0 aliphatic carbocycles. The first-order valence-electron chi connectivity index (χ1n) is 11.7. The van der Waals surface area contributed by atoms with E-state index in [2.05, 4.69) is 26.7 Å². The predicted octanol–water partition coefficient (Wildman–Crippen LogP) is 3.31. The highest BCUT2D eigenvalue weighted by atomic mass is 16.6. The molecule has 0 N–H and O–H groups in total. The Balaban J connectivity index is 1.13. The molecule has 1 spiro atoms. The Morgan fingerprint density at radius 3 is 2.38 bits per heavy atom. The van der Waals surface area contributed by atoms with Gasteiger partial charge in [-0.2, -0.15) is 0 Å². The molecule has 1 amide bonds. The van der Waals surface area contributed by atoms with Gasteiger partial charge in [-0.1, -0.05) is 25.1 Å². The molecule has 3 fully saturated rings. The van der Waals surface area contributed by atoms with Crippen molar-refractivity contribution in [1.82, 2.24) is 14.9 Å². The summed E-state index contributed by atoms with van der Waals surface area (Å²) in [5.41, 5.74) is -0.462. The standard InChI is InChI=1S/C25H32N4O3/c1-24(8-14-29(15-9-24)23-26-12-5-13-27-23)22(30)28-16-10-25(11-17-28)18-21(19-31-25)32-20-6-3-2-4-7-20/h2-7,12-13,21H,8-11,14-19H2,1H3/t21-/m0/s1. The number of hydrogen-bond donors (Lipinski definition) is 0. The third-order valence-electron chi connectivity index (χ3n) is 7.40. The third kappa shape index (κ3) is 4.31. The first-order valence-corrected chi connectivity index (χ1v) is 11.7. The van der Waals surface area contributed by atoms with Crippen LogP contribution < -0.4 is 9.64 Å². The van der Waals surface area contributed by atoms with Crippen molar-refractivity contribution < 1.29 is 14.3 Å². The van der Waals surface area contributed by atoms with Gasteiger partial charge in [-0.15, -0.1) is 0 Å². The van der Waals surface area contributed by atoms with E-state index in [1.807, 2.05) is 36.4 Å². The summed E-state index contributed by atoms with van der Waals surface area (Å²) in [4.78, 5) is 26.4. The molecule has 4 heterocycles. The number of amides is 1. The van der Waals surface area contributed by atoms with Crippen LogP contribution in [-0.2, 0) is 9.53 Å². The Morgan fingerprint density at radius 2 is 1.69 bits per heavy atom. The highest BCUT2D eigenvalue weighted by Crippen LogP contribution is 2.40. The van der Waals surface area contributed by atoms with Gasteiger partial charge in [-0.3, -0.25) is 4.79 Å². The van der Waals surface area contributed by atoms with Gasteiger partial charge >= 0.3 is 0 Å². The van der Waals surface area contributed by atoms with Gasteiger partial charge in [0, 0.05) is 50.4 Å². The minimum atomic E-state index is -0.314. The molecule has 7 heteroatoms. The number of carbonyl (C=O) groups is 1.